The van der Waals surface area contributed by atoms with E-state index in [9.17, 15) is 9.59 Å². The zero-order chi connectivity index (χ0) is 13.7. The highest BCUT2D eigenvalue weighted by Gasteiger charge is 2.30. The van der Waals surface area contributed by atoms with E-state index in [-0.39, 0.29) is 12.3 Å². The maximum absolute atomic E-state index is 11.6. The summed E-state index contributed by atoms with van der Waals surface area (Å²) in [7, 11) is 0. The predicted molar refractivity (Wildman–Crippen MR) is 71.8 cm³/mol. The van der Waals surface area contributed by atoms with Gasteiger partial charge in [0.05, 0.1) is 0 Å². The second-order valence-electron chi connectivity index (χ2n) is 5.78. The first kappa shape index (κ1) is 14.3. The normalized spacial score (nSPS) is 29.8. The van der Waals surface area contributed by atoms with E-state index in [1.54, 1.807) is 0 Å². The highest BCUT2D eigenvalue weighted by Crippen LogP contribution is 2.31. The van der Waals surface area contributed by atoms with E-state index in [2.05, 4.69) is 10.2 Å². The van der Waals surface area contributed by atoms with Crippen molar-refractivity contribution in [2.45, 2.75) is 38.5 Å². The molecule has 1 unspecified atom stereocenters. The van der Waals surface area contributed by atoms with Crippen LogP contribution in [0.1, 0.15) is 38.5 Å². The molecule has 0 radical (unpaired) electrons. The molecular weight excluding hydrogens is 244 g/mol. The minimum atomic E-state index is -0.831. The van der Waals surface area contributed by atoms with Crippen LogP contribution in [-0.2, 0) is 9.59 Å². The smallest absolute Gasteiger partial charge is 0.303 e. The van der Waals surface area contributed by atoms with Gasteiger partial charge in [0.15, 0.2) is 0 Å². The second-order valence-corrected chi connectivity index (χ2v) is 5.78. The van der Waals surface area contributed by atoms with Gasteiger partial charge in [0.2, 0.25) is 5.91 Å². The van der Waals surface area contributed by atoms with E-state index in [1.165, 1.54) is 32.4 Å². The summed E-state index contributed by atoms with van der Waals surface area (Å²) in [5.74, 6) is 0.539. The van der Waals surface area contributed by atoms with E-state index in [0.717, 1.165) is 19.0 Å². The molecule has 2 bridgehead atoms. The van der Waals surface area contributed by atoms with Crippen molar-refractivity contribution in [3.05, 3.63) is 0 Å². The molecule has 3 saturated heterocycles. The van der Waals surface area contributed by atoms with Crippen LogP contribution in [0.5, 0.6) is 0 Å². The van der Waals surface area contributed by atoms with Crippen molar-refractivity contribution in [1.29, 1.82) is 0 Å². The number of carboxylic acids is 1. The van der Waals surface area contributed by atoms with Crippen molar-refractivity contribution >= 4 is 11.9 Å². The number of nitrogens with one attached hydrogen (secondary N) is 1. The molecule has 108 valence electrons. The van der Waals surface area contributed by atoms with E-state index >= 15 is 0 Å². The van der Waals surface area contributed by atoms with Gasteiger partial charge < -0.3 is 15.3 Å². The van der Waals surface area contributed by atoms with E-state index in [4.69, 9.17) is 5.11 Å². The lowest BCUT2D eigenvalue weighted by Crippen LogP contribution is -2.34. The average Bonchev–Trinajstić information content (AvgIpc) is 2.69. The predicted octanol–water partition coefficient (Wildman–Crippen LogP) is 1.09. The molecule has 3 aliphatic rings. The first-order valence-electron chi connectivity index (χ1n) is 7.36. The van der Waals surface area contributed by atoms with E-state index in [0.29, 0.717) is 18.8 Å². The lowest BCUT2D eigenvalue weighted by molar-refractivity contribution is -0.137. The summed E-state index contributed by atoms with van der Waals surface area (Å²) in [5.41, 5.74) is 0. The SMILES string of the molecule is O=C(O)CCCC(=O)NCC1CCN2CCC1CC2. The third-order valence-corrected chi connectivity index (χ3v) is 4.47. The summed E-state index contributed by atoms with van der Waals surface area (Å²) >= 11 is 0. The number of aliphatic carboxylic acids is 1. The van der Waals surface area contributed by atoms with Crippen molar-refractivity contribution in [2.75, 3.05) is 26.2 Å². The summed E-state index contributed by atoms with van der Waals surface area (Å²) in [4.78, 5) is 24.5. The van der Waals surface area contributed by atoms with Gasteiger partial charge in [0.1, 0.15) is 0 Å². The molecule has 0 aromatic carbocycles. The highest BCUT2D eigenvalue weighted by atomic mass is 16.4. The summed E-state index contributed by atoms with van der Waals surface area (Å²) < 4.78 is 0. The minimum Gasteiger partial charge on any atom is -0.481 e. The van der Waals surface area contributed by atoms with Gasteiger partial charge in [0.25, 0.3) is 0 Å². The molecule has 0 aliphatic carbocycles. The number of hydrogen-bond acceptors (Lipinski definition) is 3. The largest absolute Gasteiger partial charge is 0.481 e. The van der Waals surface area contributed by atoms with Gasteiger partial charge >= 0.3 is 5.97 Å². The van der Waals surface area contributed by atoms with E-state index in [1.807, 2.05) is 0 Å². The highest BCUT2D eigenvalue weighted by molar-refractivity contribution is 5.76. The van der Waals surface area contributed by atoms with Crippen LogP contribution in [0, 0.1) is 11.8 Å². The molecule has 2 N–H and O–H groups in total. The quantitative estimate of drug-likeness (QED) is 0.756. The Hall–Kier alpha value is -1.10. The van der Waals surface area contributed by atoms with Gasteiger partial charge in [-0.3, -0.25) is 9.59 Å². The zero-order valence-electron chi connectivity index (χ0n) is 11.4. The Kier molecular flexibility index (Phi) is 5.19. The molecule has 3 aliphatic heterocycles. The number of hydrogen-bond donors (Lipinski definition) is 2. The Morgan fingerprint density at radius 2 is 1.79 bits per heavy atom. The fourth-order valence-electron chi connectivity index (χ4n) is 3.23. The van der Waals surface area contributed by atoms with Gasteiger partial charge in [-0.1, -0.05) is 0 Å². The molecule has 0 saturated carbocycles. The summed E-state index contributed by atoms with van der Waals surface area (Å²) in [6.07, 6.45) is 4.55. The molecule has 3 heterocycles. The lowest BCUT2D eigenvalue weighted by atomic mass is 9.85. The summed E-state index contributed by atoms with van der Waals surface area (Å²) in [6, 6.07) is 0. The van der Waals surface area contributed by atoms with Crippen LogP contribution in [0.3, 0.4) is 0 Å². The molecule has 5 heteroatoms. The zero-order valence-corrected chi connectivity index (χ0v) is 11.4. The Morgan fingerprint density at radius 1 is 1.11 bits per heavy atom. The average molecular weight is 268 g/mol. The van der Waals surface area contributed by atoms with Crippen LogP contribution in [-0.4, -0.2) is 48.1 Å². The van der Waals surface area contributed by atoms with Crippen molar-refractivity contribution in [2.24, 2.45) is 11.8 Å². The minimum absolute atomic E-state index is 0.000324. The first-order valence-corrected chi connectivity index (χ1v) is 7.36. The van der Waals surface area contributed by atoms with Gasteiger partial charge in [-0.15, -0.1) is 0 Å². The molecule has 0 spiro atoms. The number of nitrogens with zero attached hydrogens (tertiary/aromatic N) is 1. The maximum Gasteiger partial charge on any atom is 0.303 e. The molecule has 5 nitrogen and oxygen atoms in total. The molecule has 1 atom stereocenters. The van der Waals surface area contributed by atoms with Gasteiger partial charge in [0, 0.05) is 19.4 Å². The number of rotatable bonds is 6. The topological polar surface area (TPSA) is 69.6 Å². The van der Waals surface area contributed by atoms with Crippen LogP contribution < -0.4 is 5.32 Å². The molecule has 3 fully saturated rings. The monoisotopic (exact) mass is 268 g/mol. The van der Waals surface area contributed by atoms with Crippen molar-refractivity contribution in [3.8, 4) is 0 Å². The van der Waals surface area contributed by atoms with Crippen LogP contribution in [0.25, 0.3) is 0 Å². The Balaban J connectivity index is 1.66. The molecular formula is C14H24N2O3. The number of fused-ring (bicyclic) bond motifs is 4. The van der Waals surface area contributed by atoms with Gasteiger partial charge in [-0.05, 0) is 57.2 Å². The van der Waals surface area contributed by atoms with Crippen LogP contribution in [0.4, 0.5) is 0 Å². The first-order chi connectivity index (χ1) is 9.15. The molecule has 19 heavy (non-hydrogen) atoms. The molecule has 0 aromatic heterocycles. The van der Waals surface area contributed by atoms with Crippen molar-refractivity contribution in [3.63, 3.8) is 0 Å². The Labute approximate surface area is 114 Å². The Bertz CT molecular complexity index is 325. The standard InChI is InChI=1S/C14H24N2O3/c17-13(2-1-3-14(18)19)15-10-12-6-9-16-7-4-11(12)5-8-16/h11-12H,1-10H2,(H,15,17)(H,18,19). The fraction of sp³-hybridized carbons (Fsp3) is 0.857. The molecule has 0 aromatic rings. The third-order valence-electron chi connectivity index (χ3n) is 4.47. The van der Waals surface area contributed by atoms with Crippen LogP contribution in [0.2, 0.25) is 0 Å². The number of piperidine rings is 1. The molecule has 3 rings (SSSR count). The summed E-state index contributed by atoms with van der Waals surface area (Å²) in [6.45, 7) is 4.36. The van der Waals surface area contributed by atoms with E-state index < -0.39 is 5.97 Å². The lowest BCUT2D eigenvalue weighted by Gasteiger charge is -2.29. The number of amides is 1. The molecule has 1 amide bonds. The second kappa shape index (κ2) is 6.89. The Morgan fingerprint density at radius 3 is 2.47 bits per heavy atom. The maximum atomic E-state index is 11.6. The number of carbonyl (C=O) groups is 2. The number of carbonyl (C=O) groups excluding carboxylic acids is 1. The summed E-state index contributed by atoms with van der Waals surface area (Å²) in [5, 5.41) is 11.5. The fourth-order valence-corrected chi connectivity index (χ4v) is 3.23. The third kappa shape index (κ3) is 4.49. The van der Waals surface area contributed by atoms with Gasteiger partial charge in [-0.25, -0.2) is 0 Å². The van der Waals surface area contributed by atoms with Crippen LogP contribution in [0.15, 0.2) is 0 Å². The van der Waals surface area contributed by atoms with Crippen LogP contribution >= 0.6 is 0 Å². The van der Waals surface area contributed by atoms with Gasteiger partial charge in [-0.2, -0.15) is 0 Å². The number of carboxylic acid groups (broad SMARTS) is 1. The van der Waals surface area contributed by atoms with Crippen molar-refractivity contribution < 1.29 is 14.7 Å². The van der Waals surface area contributed by atoms with Crippen molar-refractivity contribution in [1.82, 2.24) is 10.2 Å².